The second kappa shape index (κ2) is 8.86. The highest BCUT2D eigenvalue weighted by molar-refractivity contribution is 4.72. The quantitative estimate of drug-likeness (QED) is 0.684. The molecule has 4 nitrogen and oxygen atoms in total. The van der Waals surface area contributed by atoms with Crippen molar-refractivity contribution in [1.82, 2.24) is 10.2 Å². The molecule has 0 amide bonds. The summed E-state index contributed by atoms with van der Waals surface area (Å²) in [4.78, 5) is 2.37. The fourth-order valence-electron chi connectivity index (χ4n) is 2.56. The Hall–Kier alpha value is -0.160. The van der Waals surface area contributed by atoms with Gasteiger partial charge in [-0.05, 0) is 38.8 Å². The molecule has 0 aromatic carbocycles. The van der Waals surface area contributed by atoms with Crippen molar-refractivity contribution in [3.8, 4) is 0 Å². The van der Waals surface area contributed by atoms with Gasteiger partial charge in [0.2, 0.25) is 0 Å². The van der Waals surface area contributed by atoms with Crippen molar-refractivity contribution in [3.05, 3.63) is 0 Å². The van der Waals surface area contributed by atoms with Gasteiger partial charge in [-0.15, -0.1) is 0 Å². The molecule has 1 saturated heterocycles. The van der Waals surface area contributed by atoms with Gasteiger partial charge in [-0.2, -0.15) is 0 Å². The van der Waals surface area contributed by atoms with E-state index in [1.807, 2.05) is 0 Å². The summed E-state index contributed by atoms with van der Waals surface area (Å²) in [6, 6.07) is 0.647. The smallest absolute Gasteiger partial charge is 0.0585 e. The second-order valence-electron chi connectivity index (χ2n) is 5.83. The lowest BCUT2D eigenvalue weighted by Gasteiger charge is -2.28. The number of hydrogen-bond donors (Lipinski definition) is 2. The van der Waals surface area contributed by atoms with Crippen LogP contribution in [-0.4, -0.2) is 62.0 Å². The maximum atomic E-state index is 9.31. The van der Waals surface area contributed by atoms with Gasteiger partial charge in [0.05, 0.1) is 13.2 Å². The van der Waals surface area contributed by atoms with Gasteiger partial charge in [-0.1, -0.05) is 13.8 Å². The largest absolute Gasteiger partial charge is 0.395 e. The van der Waals surface area contributed by atoms with Gasteiger partial charge < -0.3 is 20.1 Å². The van der Waals surface area contributed by atoms with Crippen molar-refractivity contribution in [2.45, 2.75) is 45.2 Å². The SMILES string of the molecule is CC(C)NC(CO)CCN(C)CC1CCCOC1. The van der Waals surface area contributed by atoms with Gasteiger partial charge >= 0.3 is 0 Å². The normalized spacial score (nSPS) is 22.7. The van der Waals surface area contributed by atoms with Crippen molar-refractivity contribution in [2.24, 2.45) is 5.92 Å². The Kier molecular flexibility index (Phi) is 7.82. The molecular weight excluding hydrogens is 228 g/mol. The van der Waals surface area contributed by atoms with Crippen LogP contribution in [0.2, 0.25) is 0 Å². The Morgan fingerprint density at radius 2 is 2.22 bits per heavy atom. The van der Waals surface area contributed by atoms with Crippen LogP contribution in [0.1, 0.15) is 33.1 Å². The van der Waals surface area contributed by atoms with E-state index in [0.717, 1.165) is 32.7 Å². The van der Waals surface area contributed by atoms with E-state index >= 15 is 0 Å². The zero-order chi connectivity index (χ0) is 13.4. The zero-order valence-corrected chi connectivity index (χ0v) is 12.2. The Morgan fingerprint density at radius 1 is 1.44 bits per heavy atom. The van der Waals surface area contributed by atoms with Crippen molar-refractivity contribution >= 4 is 0 Å². The number of nitrogens with one attached hydrogen (secondary N) is 1. The van der Waals surface area contributed by atoms with Crippen LogP contribution in [-0.2, 0) is 4.74 Å². The maximum absolute atomic E-state index is 9.31. The average Bonchev–Trinajstić information content (AvgIpc) is 2.35. The summed E-state index contributed by atoms with van der Waals surface area (Å²) in [5.74, 6) is 0.689. The first kappa shape index (κ1) is 15.9. The molecule has 4 heteroatoms. The Bertz CT molecular complexity index is 206. The minimum atomic E-state index is 0.218. The van der Waals surface area contributed by atoms with Crippen molar-refractivity contribution in [2.75, 3.05) is 40.0 Å². The minimum Gasteiger partial charge on any atom is -0.395 e. The lowest BCUT2D eigenvalue weighted by Crippen LogP contribution is -2.40. The van der Waals surface area contributed by atoms with Crippen LogP contribution in [0.5, 0.6) is 0 Å². The van der Waals surface area contributed by atoms with E-state index in [-0.39, 0.29) is 12.6 Å². The van der Waals surface area contributed by atoms with E-state index < -0.39 is 0 Å². The van der Waals surface area contributed by atoms with E-state index in [2.05, 4.69) is 31.1 Å². The Morgan fingerprint density at radius 3 is 2.78 bits per heavy atom. The average molecular weight is 258 g/mol. The van der Waals surface area contributed by atoms with Crippen LogP contribution in [0.15, 0.2) is 0 Å². The van der Waals surface area contributed by atoms with Gasteiger partial charge in [0, 0.05) is 25.2 Å². The van der Waals surface area contributed by atoms with Crippen LogP contribution in [0, 0.1) is 5.92 Å². The fourth-order valence-corrected chi connectivity index (χ4v) is 2.56. The first-order valence-corrected chi connectivity index (χ1v) is 7.25. The molecule has 2 unspecified atom stereocenters. The first-order chi connectivity index (χ1) is 8.61. The van der Waals surface area contributed by atoms with E-state index in [1.54, 1.807) is 0 Å². The molecule has 1 aliphatic rings. The van der Waals surface area contributed by atoms with E-state index in [4.69, 9.17) is 4.74 Å². The molecule has 0 spiro atoms. The molecule has 18 heavy (non-hydrogen) atoms. The molecule has 108 valence electrons. The summed E-state index contributed by atoms with van der Waals surface area (Å²) in [6.07, 6.45) is 3.49. The summed E-state index contributed by atoms with van der Waals surface area (Å²) >= 11 is 0. The number of aliphatic hydroxyl groups is 1. The molecule has 1 aliphatic heterocycles. The summed E-state index contributed by atoms with van der Waals surface area (Å²) in [6.45, 7) is 8.44. The number of aliphatic hydroxyl groups excluding tert-OH is 1. The third-order valence-electron chi connectivity index (χ3n) is 3.47. The number of ether oxygens (including phenoxy) is 1. The van der Waals surface area contributed by atoms with E-state index in [0.29, 0.717) is 12.0 Å². The third-order valence-corrected chi connectivity index (χ3v) is 3.47. The summed E-state index contributed by atoms with van der Waals surface area (Å²) in [5, 5.41) is 12.7. The summed E-state index contributed by atoms with van der Waals surface area (Å²) < 4.78 is 5.50. The predicted octanol–water partition coefficient (Wildman–Crippen LogP) is 1.09. The molecule has 0 saturated carbocycles. The third kappa shape index (κ3) is 6.69. The van der Waals surface area contributed by atoms with Crippen LogP contribution >= 0.6 is 0 Å². The highest BCUT2D eigenvalue weighted by atomic mass is 16.5. The number of hydrogen-bond acceptors (Lipinski definition) is 4. The standard InChI is InChI=1S/C14H30N2O2/c1-12(2)15-14(10-17)6-7-16(3)9-13-5-4-8-18-11-13/h12-15,17H,4-11H2,1-3H3. The van der Waals surface area contributed by atoms with Gasteiger partial charge in [-0.3, -0.25) is 0 Å². The van der Waals surface area contributed by atoms with Crippen LogP contribution in [0.3, 0.4) is 0 Å². The molecule has 0 aromatic rings. The molecule has 0 radical (unpaired) electrons. The van der Waals surface area contributed by atoms with E-state index in [1.165, 1.54) is 12.8 Å². The second-order valence-corrected chi connectivity index (χ2v) is 5.83. The van der Waals surface area contributed by atoms with Crippen LogP contribution in [0.4, 0.5) is 0 Å². The molecular formula is C14H30N2O2. The van der Waals surface area contributed by atoms with Gasteiger partial charge in [0.15, 0.2) is 0 Å². The van der Waals surface area contributed by atoms with Gasteiger partial charge in [0.1, 0.15) is 0 Å². The van der Waals surface area contributed by atoms with Crippen LogP contribution < -0.4 is 5.32 Å². The summed E-state index contributed by atoms with van der Waals surface area (Å²) in [5.41, 5.74) is 0. The molecule has 0 aromatic heterocycles. The monoisotopic (exact) mass is 258 g/mol. The van der Waals surface area contributed by atoms with E-state index in [9.17, 15) is 5.11 Å². The van der Waals surface area contributed by atoms with Gasteiger partial charge in [0.25, 0.3) is 0 Å². The Balaban J connectivity index is 2.16. The van der Waals surface area contributed by atoms with Crippen LogP contribution in [0.25, 0.3) is 0 Å². The molecule has 2 atom stereocenters. The highest BCUT2D eigenvalue weighted by Gasteiger charge is 2.16. The highest BCUT2D eigenvalue weighted by Crippen LogP contribution is 2.14. The summed E-state index contributed by atoms with van der Waals surface area (Å²) in [7, 11) is 2.17. The van der Waals surface area contributed by atoms with Crippen molar-refractivity contribution in [1.29, 1.82) is 0 Å². The fraction of sp³-hybridized carbons (Fsp3) is 1.00. The van der Waals surface area contributed by atoms with Crippen molar-refractivity contribution < 1.29 is 9.84 Å². The lowest BCUT2D eigenvalue weighted by atomic mass is 10.0. The molecule has 1 heterocycles. The molecule has 0 bridgehead atoms. The van der Waals surface area contributed by atoms with Crippen molar-refractivity contribution in [3.63, 3.8) is 0 Å². The molecule has 0 aliphatic carbocycles. The number of rotatable bonds is 8. The predicted molar refractivity (Wildman–Crippen MR) is 74.8 cm³/mol. The molecule has 2 N–H and O–H groups in total. The first-order valence-electron chi connectivity index (χ1n) is 7.25. The van der Waals surface area contributed by atoms with Gasteiger partial charge in [-0.25, -0.2) is 0 Å². The molecule has 1 fully saturated rings. The topological polar surface area (TPSA) is 44.7 Å². The lowest BCUT2D eigenvalue weighted by molar-refractivity contribution is 0.0413. The minimum absolute atomic E-state index is 0.218. The maximum Gasteiger partial charge on any atom is 0.0585 e. The Labute approximate surface area is 112 Å². The zero-order valence-electron chi connectivity index (χ0n) is 12.2. The number of nitrogens with zero attached hydrogens (tertiary/aromatic N) is 1. The molecule has 1 rings (SSSR count).